The summed E-state index contributed by atoms with van der Waals surface area (Å²) in [6.07, 6.45) is 1.39. The van der Waals surface area contributed by atoms with E-state index in [1.807, 2.05) is 19.1 Å². The normalized spacial score (nSPS) is 12.0. The van der Waals surface area contributed by atoms with E-state index in [1.54, 1.807) is 32.0 Å². The topological polar surface area (TPSA) is 115 Å². The number of amides is 1. The van der Waals surface area contributed by atoms with Gasteiger partial charge in [0.1, 0.15) is 17.5 Å². The molecule has 1 N–H and O–H groups in total. The minimum atomic E-state index is -3.57. The van der Waals surface area contributed by atoms with Gasteiger partial charge < -0.3 is 9.73 Å². The lowest BCUT2D eigenvalue weighted by Gasteiger charge is -2.18. The van der Waals surface area contributed by atoms with Crippen molar-refractivity contribution >= 4 is 43.5 Å². The van der Waals surface area contributed by atoms with Crippen LogP contribution in [0.25, 0.3) is 21.9 Å². The maximum atomic E-state index is 12.7. The van der Waals surface area contributed by atoms with Gasteiger partial charge in [-0.3, -0.25) is 9.48 Å². The molecule has 0 radical (unpaired) electrons. The zero-order chi connectivity index (χ0) is 23.8. The van der Waals surface area contributed by atoms with E-state index in [9.17, 15) is 18.0 Å². The molecule has 0 saturated heterocycles. The molecule has 2 aromatic carbocycles. The summed E-state index contributed by atoms with van der Waals surface area (Å²) >= 11 is 0. The second-order valence-corrected chi connectivity index (χ2v) is 9.55. The van der Waals surface area contributed by atoms with Crippen LogP contribution in [0.5, 0.6) is 0 Å². The largest absolute Gasteiger partial charge is 0.422 e. The molecule has 0 aliphatic heterocycles. The smallest absolute Gasteiger partial charge is 0.347 e. The summed E-state index contributed by atoms with van der Waals surface area (Å²) in [5.41, 5.74) is 1.87. The van der Waals surface area contributed by atoms with Gasteiger partial charge in [0.25, 0.3) is 0 Å². The first-order valence-corrected chi connectivity index (χ1v) is 12.0. The van der Waals surface area contributed by atoms with Crippen LogP contribution >= 0.6 is 0 Å². The van der Waals surface area contributed by atoms with Gasteiger partial charge in [0.15, 0.2) is 0 Å². The number of aromatic nitrogens is 2. The lowest BCUT2D eigenvalue weighted by molar-refractivity contribution is -0.116. The Bertz CT molecular complexity index is 1500. The zero-order valence-electron chi connectivity index (χ0n) is 18.5. The number of sulfonamides is 1. The van der Waals surface area contributed by atoms with Crippen molar-refractivity contribution in [3.63, 3.8) is 0 Å². The van der Waals surface area contributed by atoms with E-state index in [-0.39, 0.29) is 17.3 Å². The van der Waals surface area contributed by atoms with Crippen LogP contribution in [0.2, 0.25) is 0 Å². The highest BCUT2D eigenvalue weighted by molar-refractivity contribution is 7.89. The first-order valence-electron chi connectivity index (χ1n) is 10.5. The second-order valence-electron chi connectivity index (χ2n) is 7.62. The number of fused-ring (bicyclic) bond motifs is 3. The molecule has 10 heteroatoms. The minimum Gasteiger partial charge on any atom is -0.422 e. The van der Waals surface area contributed by atoms with Gasteiger partial charge in [-0.25, -0.2) is 13.2 Å². The van der Waals surface area contributed by atoms with Crippen molar-refractivity contribution in [1.82, 2.24) is 14.1 Å². The van der Waals surface area contributed by atoms with Gasteiger partial charge in [0.05, 0.1) is 16.6 Å². The fourth-order valence-corrected chi connectivity index (χ4v) is 5.23. The van der Waals surface area contributed by atoms with Crippen molar-refractivity contribution in [3.8, 4) is 0 Å². The standard InChI is InChI=1S/C23H24N4O5S/c1-4-26(5-2)33(30,31)17-9-7-16(8-10-17)25-21(28)14-27-22-18-12-15(3)6-11-20(18)32-23(29)19(22)13-24-27/h6-13H,4-5,14H2,1-3H3,(H,25,28). The molecule has 1 amide bonds. The number of hydrogen-bond donors (Lipinski definition) is 1. The number of carbonyl (C=O) groups excluding carboxylic acids is 1. The Labute approximate surface area is 190 Å². The van der Waals surface area contributed by atoms with Gasteiger partial charge in [-0.2, -0.15) is 9.40 Å². The van der Waals surface area contributed by atoms with Crippen LogP contribution in [-0.4, -0.2) is 41.5 Å². The van der Waals surface area contributed by atoms with Crippen LogP contribution in [-0.2, 0) is 21.4 Å². The fraction of sp³-hybridized carbons (Fsp3) is 0.261. The fourth-order valence-electron chi connectivity index (χ4n) is 3.77. The summed E-state index contributed by atoms with van der Waals surface area (Å²) in [5.74, 6) is -0.367. The van der Waals surface area contributed by atoms with Gasteiger partial charge in [-0.05, 0) is 43.3 Å². The zero-order valence-corrected chi connectivity index (χ0v) is 19.3. The van der Waals surface area contributed by atoms with Crippen molar-refractivity contribution in [2.75, 3.05) is 18.4 Å². The molecule has 9 nitrogen and oxygen atoms in total. The second kappa shape index (κ2) is 8.80. The summed E-state index contributed by atoms with van der Waals surface area (Å²) in [6.45, 7) is 6.11. The van der Waals surface area contributed by atoms with Crippen LogP contribution < -0.4 is 10.9 Å². The number of hydrogen-bond acceptors (Lipinski definition) is 6. The molecule has 0 spiro atoms. The first-order chi connectivity index (χ1) is 15.7. The van der Waals surface area contributed by atoms with Crippen molar-refractivity contribution in [3.05, 3.63) is 64.6 Å². The van der Waals surface area contributed by atoms with E-state index >= 15 is 0 Å². The van der Waals surface area contributed by atoms with Crippen molar-refractivity contribution in [1.29, 1.82) is 0 Å². The third-order valence-electron chi connectivity index (χ3n) is 5.43. The number of aryl methyl sites for hydroxylation is 1. The van der Waals surface area contributed by atoms with Crippen molar-refractivity contribution in [2.24, 2.45) is 0 Å². The molecule has 4 aromatic rings. The highest BCUT2D eigenvalue weighted by atomic mass is 32.2. The van der Waals surface area contributed by atoms with E-state index in [0.717, 1.165) is 5.56 Å². The van der Waals surface area contributed by atoms with Gasteiger partial charge in [0.2, 0.25) is 15.9 Å². The molecular formula is C23H24N4O5S. The summed E-state index contributed by atoms with van der Waals surface area (Å²) in [7, 11) is -3.57. The summed E-state index contributed by atoms with van der Waals surface area (Å²) in [6, 6.07) is 11.5. The maximum absolute atomic E-state index is 12.7. The predicted molar refractivity (Wildman–Crippen MR) is 126 cm³/mol. The lowest BCUT2D eigenvalue weighted by Crippen LogP contribution is -2.30. The van der Waals surface area contributed by atoms with Crippen LogP contribution in [0.3, 0.4) is 0 Å². The molecule has 4 rings (SSSR count). The van der Waals surface area contributed by atoms with Crippen LogP contribution in [0.15, 0.2) is 62.8 Å². The van der Waals surface area contributed by atoms with Crippen LogP contribution in [0.4, 0.5) is 5.69 Å². The third kappa shape index (κ3) is 4.27. The molecule has 0 aliphatic carbocycles. The van der Waals surface area contributed by atoms with Gasteiger partial charge in [0, 0.05) is 24.2 Å². The Morgan fingerprint density at radius 1 is 1.09 bits per heavy atom. The summed E-state index contributed by atoms with van der Waals surface area (Å²) < 4.78 is 33.4. The Hall–Kier alpha value is -3.50. The molecule has 0 atom stereocenters. The molecule has 0 aliphatic rings. The number of rotatable bonds is 7. The molecule has 172 valence electrons. The number of nitrogens with zero attached hydrogens (tertiary/aromatic N) is 3. The highest BCUT2D eigenvalue weighted by Crippen LogP contribution is 2.24. The van der Waals surface area contributed by atoms with Gasteiger partial charge in [-0.15, -0.1) is 0 Å². The van der Waals surface area contributed by atoms with Gasteiger partial charge in [-0.1, -0.05) is 25.5 Å². The molecule has 0 bridgehead atoms. The Morgan fingerprint density at radius 2 is 1.79 bits per heavy atom. The summed E-state index contributed by atoms with van der Waals surface area (Å²) in [5, 5.41) is 7.95. The van der Waals surface area contributed by atoms with E-state index < -0.39 is 15.6 Å². The Kier molecular flexibility index (Phi) is 6.05. The van der Waals surface area contributed by atoms with Crippen LogP contribution in [0.1, 0.15) is 19.4 Å². The monoisotopic (exact) mass is 468 g/mol. The molecule has 0 saturated carbocycles. The SMILES string of the molecule is CCN(CC)S(=O)(=O)c1ccc(NC(=O)Cn2ncc3c(=O)oc4ccc(C)cc4c32)cc1. The number of nitrogens with one attached hydrogen (secondary N) is 1. The average Bonchev–Trinajstić information content (AvgIpc) is 3.20. The molecular weight excluding hydrogens is 444 g/mol. The molecule has 2 heterocycles. The van der Waals surface area contributed by atoms with Crippen molar-refractivity contribution < 1.29 is 17.6 Å². The summed E-state index contributed by atoms with van der Waals surface area (Å²) in [4.78, 5) is 25.2. The number of anilines is 1. The molecule has 2 aromatic heterocycles. The predicted octanol–water partition coefficient (Wildman–Crippen LogP) is 3.12. The Balaban J connectivity index is 1.58. The minimum absolute atomic E-state index is 0.129. The van der Waals surface area contributed by atoms with E-state index in [2.05, 4.69) is 10.4 Å². The lowest BCUT2D eigenvalue weighted by atomic mass is 10.1. The van der Waals surface area contributed by atoms with E-state index in [4.69, 9.17) is 4.42 Å². The highest BCUT2D eigenvalue weighted by Gasteiger charge is 2.21. The number of carbonyl (C=O) groups is 1. The molecule has 33 heavy (non-hydrogen) atoms. The van der Waals surface area contributed by atoms with Gasteiger partial charge >= 0.3 is 5.63 Å². The third-order valence-corrected chi connectivity index (χ3v) is 7.49. The molecule has 0 fully saturated rings. The quantitative estimate of drug-likeness (QED) is 0.417. The van der Waals surface area contributed by atoms with E-state index in [0.29, 0.717) is 40.6 Å². The number of benzene rings is 2. The average molecular weight is 469 g/mol. The van der Waals surface area contributed by atoms with Crippen LogP contribution in [0, 0.1) is 6.92 Å². The maximum Gasteiger partial charge on any atom is 0.347 e. The first kappa shape index (κ1) is 22.7. The van der Waals surface area contributed by atoms with E-state index in [1.165, 1.54) is 27.3 Å². The molecule has 0 unspecified atom stereocenters. The Morgan fingerprint density at radius 3 is 2.45 bits per heavy atom. The van der Waals surface area contributed by atoms with Crippen molar-refractivity contribution in [2.45, 2.75) is 32.2 Å².